The van der Waals surface area contributed by atoms with E-state index in [4.69, 9.17) is 16.3 Å². The molecule has 0 saturated heterocycles. The van der Waals surface area contributed by atoms with Crippen molar-refractivity contribution in [1.29, 1.82) is 0 Å². The van der Waals surface area contributed by atoms with Gasteiger partial charge in [-0.15, -0.1) is 0 Å². The lowest BCUT2D eigenvalue weighted by Gasteiger charge is -2.07. The van der Waals surface area contributed by atoms with Crippen molar-refractivity contribution in [3.8, 4) is 5.75 Å². The normalized spacial score (nSPS) is 10.2. The second-order valence-electron chi connectivity index (χ2n) is 3.42. The third-order valence-electron chi connectivity index (χ3n) is 2.21. The molecule has 0 heterocycles. The molecule has 0 unspecified atom stereocenters. The van der Waals surface area contributed by atoms with Gasteiger partial charge in [-0.2, -0.15) is 0 Å². The molecule has 0 bridgehead atoms. The molecule has 5 heteroatoms. The van der Waals surface area contributed by atoms with Gasteiger partial charge in [0, 0.05) is 0 Å². The van der Waals surface area contributed by atoms with E-state index in [0.717, 1.165) is 18.2 Å². The topological polar surface area (TPSA) is 26.3 Å². The molecular formula is C13H7ClF2O2. The van der Waals surface area contributed by atoms with Gasteiger partial charge in [0.05, 0.1) is 5.02 Å². The van der Waals surface area contributed by atoms with E-state index >= 15 is 0 Å². The number of halogens is 3. The molecule has 0 fully saturated rings. The van der Waals surface area contributed by atoms with E-state index in [0.29, 0.717) is 0 Å². The van der Waals surface area contributed by atoms with Crippen LogP contribution in [0.2, 0.25) is 5.02 Å². The zero-order valence-corrected chi connectivity index (χ0v) is 9.75. The van der Waals surface area contributed by atoms with Gasteiger partial charge in [0.15, 0.2) is 0 Å². The van der Waals surface area contributed by atoms with Crippen LogP contribution in [0.3, 0.4) is 0 Å². The first kappa shape index (κ1) is 12.5. The summed E-state index contributed by atoms with van der Waals surface area (Å²) in [7, 11) is 0. The Labute approximate surface area is 107 Å². The number of para-hydroxylation sites is 1. The van der Waals surface area contributed by atoms with Crippen molar-refractivity contribution in [2.24, 2.45) is 0 Å². The molecule has 0 aliphatic heterocycles. The van der Waals surface area contributed by atoms with Crippen molar-refractivity contribution in [2.75, 3.05) is 0 Å². The number of ether oxygens (including phenoxy) is 1. The van der Waals surface area contributed by atoms with Crippen LogP contribution in [-0.4, -0.2) is 5.97 Å². The quantitative estimate of drug-likeness (QED) is 0.611. The summed E-state index contributed by atoms with van der Waals surface area (Å²) in [6.45, 7) is 0. The van der Waals surface area contributed by atoms with Crippen LogP contribution in [-0.2, 0) is 0 Å². The van der Waals surface area contributed by atoms with Gasteiger partial charge in [0.2, 0.25) is 0 Å². The Kier molecular flexibility index (Phi) is 3.58. The molecule has 0 amide bonds. The van der Waals surface area contributed by atoms with Gasteiger partial charge >= 0.3 is 5.97 Å². The van der Waals surface area contributed by atoms with E-state index in [1.807, 2.05) is 0 Å². The highest BCUT2D eigenvalue weighted by atomic mass is 35.5. The molecule has 18 heavy (non-hydrogen) atoms. The van der Waals surface area contributed by atoms with Crippen molar-refractivity contribution in [1.82, 2.24) is 0 Å². The van der Waals surface area contributed by atoms with Crippen LogP contribution >= 0.6 is 11.6 Å². The number of hydrogen-bond donors (Lipinski definition) is 0. The van der Waals surface area contributed by atoms with Crippen LogP contribution in [0.4, 0.5) is 8.78 Å². The highest BCUT2D eigenvalue weighted by Crippen LogP contribution is 2.25. The second kappa shape index (κ2) is 5.14. The highest BCUT2D eigenvalue weighted by Gasteiger charge is 2.19. The highest BCUT2D eigenvalue weighted by molar-refractivity contribution is 6.32. The van der Waals surface area contributed by atoms with E-state index < -0.39 is 23.2 Å². The van der Waals surface area contributed by atoms with Gasteiger partial charge < -0.3 is 4.74 Å². The first-order chi connectivity index (χ1) is 8.59. The molecule has 0 spiro atoms. The van der Waals surface area contributed by atoms with Gasteiger partial charge in [0.1, 0.15) is 22.9 Å². The van der Waals surface area contributed by atoms with Gasteiger partial charge in [0.25, 0.3) is 0 Å². The monoisotopic (exact) mass is 268 g/mol. The van der Waals surface area contributed by atoms with E-state index in [1.54, 1.807) is 12.1 Å². The molecular weight excluding hydrogens is 262 g/mol. The van der Waals surface area contributed by atoms with E-state index in [1.165, 1.54) is 12.1 Å². The molecule has 0 aromatic heterocycles. The summed E-state index contributed by atoms with van der Waals surface area (Å²) in [5.74, 6) is -3.04. The lowest BCUT2D eigenvalue weighted by atomic mass is 10.2. The Morgan fingerprint density at radius 2 is 1.61 bits per heavy atom. The smallest absolute Gasteiger partial charge is 0.349 e. The van der Waals surface area contributed by atoms with Crippen LogP contribution in [0.15, 0.2) is 42.5 Å². The predicted octanol–water partition coefficient (Wildman–Crippen LogP) is 3.84. The minimum atomic E-state index is -1.13. The largest absolute Gasteiger partial charge is 0.421 e. The van der Waals surface area contributed by atoms with Crippen LogP contribution in [0.1, 0.15) is 10.4 Å². The molecule has 0 N–H and O–H groups in total. The van der Waals surface area contributed by atoms with Crippen molar-refractivity contribution in [2.45, 2.75) is 0 Å². The summed E-state index contributed by atoms with van der Waals surface area (Å²) < 4.78 is 31.5. The third-order valence-corrected chi connectivity index (χ3v) is 2.52. The van der Waals surface area contributed by atoms with E-state index in [2.05, 4.69) is 0 Å². The average molecular weight is 269 g/mol. The number of benzene rings is 2. The molecule has 92 valence electrons. The number of carbonyl (C=O) groups is 1. The standard InChI is InChI=1S/C13H7ClF2O2/c14-8-4-1-2-7-11(8)18-13(17)12-9(15)5-3-6-10(12)16/h1-7H. The molecule has 2 aromatic carbocycles. The Morgan fingerprint density at radius 3 is 2.22 bits per heavy atom. The van der Waals surface area contributed by atoms with Crippen molar-refractivity contribution in [3.05, 3.63) is 64.7 Å². The SMILES string of the molecule is O=C(Oc1ccccc1Cl)c1c(F)cccc1F. The maximum Gasteiger partial charge on any atom is 0.349 e. The molecule has 0 radical (unpaired) electrons. The van der Waals surface area contributed by atoms with E-state index in [9.17, 15) is 13.6 Å². The summed E-state index contributed by atoms with van der Waals surface area (Å²) in [5, 5.41) is 0.183. The third kappa shape index (κ3) is 2.49. The minimum Gasteiger partial charge on any atom is -0.421 e. The lowest BCUT2D eigenvalue weighted by molar-refractivity contribution is 0.0724. The average Bonchev–Trinajstić information content (AvgIpc) is 2.32. The zero-order valence-electron chi connectivity index (χ0n) is 8.99. The fourth-order valence-corrected chi connectivity index (χ4v) is 1.55. The molecule has 2 aromatic rings. The maximum absolute atomic E-state index is 13.3. The van der Waals surface area contributed by atoms with Crippen LogP contribution in [0.5, 0.6) is 5.75 Å². The van der Waals surface area contributed by atoms with Gasteiger partial charge in [-0.3, -0.25) is 0 Å². The molecule has 0 aliphatic rings. The minimum absolute atomic E-state index is 0.0480. The molecule has 2 rings (SSSR count). The summed E-state index contributed by atoms with van der Waals surface area (Å²) >= 11 is 5.77. The summed E-state index contributed by atoms with van der Waals surface area (Å²) in [6, 6.07) is 9.28. The van der Waals surface area contributed by atoms with Crippen molar-refractivity contribution in [3.63, 3.8) is 0 Å². The fourth-order valence-electron chi connectivity index (χ4n) is 1.37. The summed E-state index contributed by atoms with van der Waals surface area (Å²) in [5.41, 5.74) is -0.739. The first-order valence-electron chi connectivity index (χ1n) is 5.00. The number of rotatable bonds is 2. The summed E-state index contributed by atoms with van der Waals surface area (Å²) in [4.78, 5) is 11.6. The first-order valence-corrected chi connectivity index (χ1v) is 5.38. The van der Waals surface area contributed by atoms with Gasteiger partial charge in [-0.25, -0.2) is 13.6 Å². The van der Waals surface area contributed by atoms with Gasteiger partial charge in [-0.05, 0) is 24.3 Å². The Balaban J connectivity index is 2.31. The predicted molar refractivity (Wildman–Crippen MR) is 62.8 cm³/mol. The maximum atomic E-state index is 13.3. The number of esters is 1. The second-order valence-corrected chi connectivity index (χ2v) is 3.82. The van der Waals surface area contributed by atoms with Crippen LogP contribution in [0, 0.1) is 11.6 Å². The number of hydrogen-bond acceptors (Lipinski definition) is 2. The Morgan fingerprint density at radius 1 is 1.00 bits per heavy atom. The lowest BCUT2D eigenvalue weighted by Crippen LogP contribution is -2.13. The van der Waals surface area contributed by atoms with Crippen molar-refractivity contribution < 1.29 is 18.3 Å². The Bertz CT molecular complexity index is 579. The van der Waals surface area contributed by atoms with Crippen molar-refractivity contribution >= 4 is 17.6 Å². The Hall–Kier alpha value is -1.94. The van der Waals surface area contributed by atoms with Gasteiger partial charge in [-0.1, -0.05) is 29.8 Å². The number of carbonyl (C=O) groups excluding carboxylic acids is 1. The zero-order chi connectivity index (χ0) is 13.1. The summed E-state index contributed by atoms with van der Waals surface area (Å²) in [6.07, 6.45) is 0. The fraction of sp³-hybridized carbons (Fsp3) is 0. The van der Waals surface area contributed by atoms with E-state index in [-0.39, 0.29) is 10.8 Å². The molecule has 2 nitrogen and oxygen atoms in total. The molecule has 0 aliphatic carbocycles. The van der Waals surface area contributed by atoms with Crippen LogP contribution in [0.25, 0.3) is 0 Å². The molecule has 0 atom stereocenters. The molecule has 0 saturated carbocycles. The van der Waals surface area contributed by atoms with Crippen LogP contribution < -0.4 is 4.74 Å².